The zero-order chi connectivity index (χ0) is 28.4. The zero-order valence-electron chi connectivity index (χ0n) is 20.6. The van der Waals surface area contributed by atoms with Crippen LogP contribution < -0.4 is 21.7 Å². The van der Waals surface area contributed by atoms with Gasteiger partial charge in [-0.2, -0.15) is 0 Å². The van der Waals surface area contributed by atoms with Gasteiger partial charge in [0.15, 0.2) is 0 Å². The number of H-pyrrole nitrogens is 1. The number of carbonyl (C=O) groups is 6. The number of hydrogen-bond acceptors (Lipinski definition) is 7. The molecule has 1 aromatic carbocycles. The Kier molecular flexibility index (Phi) is 10.8. The Morgan fingerprint density at radius 2 is 1.34 bits per heavy atom. The molecule has 0 saturated carbocycles. The quantitative estimate of drug-likeness (QED) is 0.143. The Morgan fingerprint density at radius 3 is 1.92 bits per heavy atom. The van der Waals surface area contributed by atoms with Gasteiger partial charge < -0.3 is 42.0 Å². The smallest absolute Gasteiger partial charge is 0.326 e. The molecule has 3 amide bonds. The summed E-state index contributed by atoms with van der Waals surface area (Å²) in [5.74, 6) is -6.51. The fourth-order valence-corrected chi connectivity index (χ4v) is 3.64. The lowest BCUT2D eigenvalue weighted by Gasteiger charge is -2.24. The van der Waals surface area contributed by atoms with Crippen molar-refractivity contribution in [2.24, 2.45) is 5.73 Å². The average molecular weight is 534 g/mol. The van der Waals surface area contributed by atoms with Gasteiger partial charge in [0.05, 0.1) is 6.04 Å². The van der Waals surface area contributed by atoms with Crippen molar-refractivity contribution in [3.63, 3.8) is 0 Å². The minimum absolute atomic E-state index is 0.00204. The standard InChI is InChI=1S/C24H31N5O9/c1-12(25)21(34)29-18(10-13-11-26-15-5-3-2-4-14(13)15)23(36)27-16(6-8-19(30)31)22(35)28-17(24(37)38)7-9-20(32)33/h2-5,11-12,16-18,26H,6-10,25H2,1H3,(H,27,36)(H,28,35)(H,29,34)(H,30,31)(H,32,33)(H,37,38). The second-order valence-electron chi connectivity index (χ2n) is 8.74. The minimum atomic E-state index is -1.58. The summed E-state index contributed by atoms with van der Waals surface area (Å²) < 4.78 is 0. The second-order valence-corrected chi connectivity index (χ2v) is 8.74. The van der Waals surface area contributed by atoms with Gasteiger partial charge in [-0.25, -0.2) is 4.79 Å². The van der Waals surface area contributed by atoms with Gasteiger partial charge in [-0.1, -0.05) is 18.2 Å². The number of para-hydroxylation sites is 1. The summed E-state index contributed by atoms with van der Waals surface area (Å²) in [5, 5.41) is 35.1. The van der Waals surface area contributed by atoms with Crippen LogP contribution in [-0.4, -0.2) is 80.1 Å². The lowest BCUT2D eigenvalue weighted by atomic mass is 10.0. The van der Waals surface area contributed by atoms with Crippen molar-refractivity contribution in [2.45, 2.75) is 63.2 Å². The topological polar surface area (TPSA) is 241 Å². The van der Waals surface area contributed by atoms with Crippen LogP contribution in [0.25, 0.3) is 10.9 Å². The van der Waals surface area contributed by atoms with Crippen molar-refractivity contribution in [3.8, 4) is 0 Å². The molecule has 206 valence electrons. The molecular formula is C24H31N5O9. The molecule has 4 atom stereocenters. The van der Waals surface area contributed by atoms with Crippen LogP contribution in [0.2, 0.25) is 0 Å². The lowest BCUT2D eigenvalue weighted by Crippen LogP contribution is -2.57. The van der Waals surface area contributed by atoms with Crippen molar-refractivity contribution >= 4 is 46.5 Å². The Balaban J connectivity index is 2.27. The van der Waals surface area contributed by atoms with Crippen molar-refractivity contribution in [1.82, 2.24) is 20.9 Å². The minimum Gasteiger partial charge on any atom is -0.481 e. The number of aromatic nitrogens is 1. The van der Waals surface area contributed by atoms with Crippen LogP contribution >= 0.6 is 0 Å². The Bertz CT molecular complexity index is 1190. The number of aromatic amines is 1. The third-order valence-corrected chi connectivity index (χ3v) is 5.69. The van der Waals surface area contributed by atoms with Gasteiger partial charge in [0, 0.05) is 36.4 Å². The maximum absolute atomic E-state index is 13.3. The van der Waals surface area contributed by atoms with E-state index in [1.54, 1.807) is 12.3 Å². The van der Waals surface area contributed by atoms with Crippen LogP contribution in [0.1, 0.15) is 38.2 Å². The average Bonchev–Trinajstić information content (AvgIpc) is 3.25. The Hall–Kier alpha value is -4.46. The van der Waals surface area contributed by atoms with E-state index in [0.717, 1.165) is 10.9 Å². The third kappa shape index (κ3) is 8.89. The number of hydrogen-bond donors (Lipinski definition) is 8. The summed E-state index contributed by atoms with van der Waals surface area (Å²) >= 11 is 0. The monoisotopic (exact) mass is 533 g/mol. The predicted octanol–water partition coefficient (Wildman–Crippen LogP) is -0.674. The lowest BCUT2D eigenvalue weighted by molar-refractivity contribution is -0.144. The zero-order valence-corrected chi connectivity index (χ0v) is 20.6. The summed E-state index contributed by atoms with van der Waals surface area (Å²) in [5.41, 5.74) is 7.10. The van der Waals surface area contributed by atoms with Gasteiger partial charge in [0.25, 0.3) is 0 Å². The predicted molar refractivity (Wildman–Crippen MR) is 133 cm³/mol. The SMILES string of the molecule is CC(N)C(=O)NC(Cc1c[nH]c2ccccc12)C(=O)NC(CCC(=O)O)C(=O)NC(CCC(=O)O)C(=O)O. The third-order valence-electron chi connectivity index (χ3n) is 5.69. The molecule has 2 aromatic rings. The van der Waals surface area contributed by atoms with E-state index >= 15 is 0 Å². The first-order valence-electron chi connectivity index (χ1n) is 11.8. The number of fused-ring (bicyclic) bond motifs is 1. The highest BCUT2D eigenvalue weighted by molar-refractivity contribution is 5.95. The molecule has 0 aliphatic rings. The molecule has 0 bridgehead atoms. The molecule has 9 N–H and O–H groups in total. The van der Waals surface area contributed by atoms with E-state index in [-0.39, 0.29) is 12.8 Å². The summed E-state index contributed by atoms with van der Waals surface area (Å²) in [6.45, 7) is 1.42. The highest BCUT2D eigenvalue weighted by atomic mass is 16.4. The fraction of sp³-hybridized carbons (Fsp3) is 0.417. The van der Waals surface area contributed by atoms with E-state index in [1.165, 1.54) is 6.92 Å². The van der Waals surface area contributed by atoms with E-state index < -0.39 is 79.1 Å². The maximum atomic E-state index is 13.3. The van der Waals surface area contributed by atoms with Gasteiger partial charge in [0.1, 0.15) is 18.1 Å². The van der Waals surface area contributed by atoms with Gasteiger partial charge in [0.2, 0.25) is 17.7 Å². The van der Waals surface area contributed by atoms with Crippen LogP contribution in [0, 0.1) is 0 Å². The maximum Gasteiger partial charge on any atom is 0.326 e. The number of carbonyl (C=O) groups excluding carboxylic acids is 3. The number of rotatable bonds is 15. The summed E-state index contributed by atoms with van der Waals surface area (Å²) in [4.78, 5) is 74.9. The molecule has 1 aromatic heterocycles. The molecule has 4 unspecified atom stereocenters. The number of carboxylic acid groups (broad SMARTS) is 3. The molecule has 14 nitrogen and oxygen atoms in total. The van der Waals surface area contributed by atoms with Crippen LogP contribution in [0.5, 0.6) is 0 Å². The van der Waals surface area contributed by atoms with Crippen LogP contribution in [0.4, 0.5) is 0 Å². The summed E-state index contributed by atoms with van der Waals surface area (Å²) in [7, 11) is 0. The van der Waals surface area contributed by atoms with Gasteiger partial charge >= 0.3 is 17.9 Å². The molecule has 0 fully saturated rings. The van der Waals surface area contributed by atoms with Crippen molar-refractivity contribution in [2.75, 3.05) is 0 Å². The normalized spacial score (nSPS) is 14.1. The van der Waals surface area contributed by atoms with E-state index in [2.05, 4.69) is 20.9 Å². The molecule has 2 rings (SSSR count). The molecule has 14 heteroatoms. The molecule has 0 spiro atoms. The molecule has 38 heavy (non-hydrogen) atoms. The number of benzene rings is 1. The molecule has 0 saturated heterocycles. The van der Waals surface area contributed by atoms with Gasteiger partial charge in [-0.3, -0.25) is 24.0 Å². The molecule has 1 heterocycles. The highest BCUT2D eigenvalue weighted by Crippen LogP contribution is 2.19. The van der Waals surface area contributed by atoms with E-state index in [1.807, 2.05) is 18.2 Å². The molecule has 0 radical (unpaired) electrons. The second kappa shape index (κ2) is 13.7. The van der Waals surface area contributed by atoms with Gasteiger partial charge in [-0.05, 0) is 31.4 Å². The molecular weight excluding hydrogens is 502 g/mol. The highest BCUT2D eigenvalue weighted by Gasteiger charge is 2.31. The number of carboxylic acids is 3. The van der Waals surface area contributed by atoms with Crippen molar-refractivity contribution in [3.05, 3.63) is 36.0 Å². The van der Waals surface area contributed by atoms with Crippen molar-refractivity contribution in [1.29, 1.82) is 0 Å². The van der Waals surface area contributed by atoms with Crippen LogP contribution in [0.15, 0.2) is 30.5 Å². The molecule has 0 aliphatic carbocycles. The first kappa shape index (κ1) is 29.8. The number of aliphatic carboxylic acids is 3. The molecule has 0 aliphatic heterocycles. The Morgan fingerprint density at radius 1 is 0.816 bits per heavy atom. The summed E-state index contributed by atoms with van der Waals surface area (Å²) in [6.07, 6.45) is -0.234. The first-order chi connectivity index (χ1) is 17.9. The van der Waals surface area contributed by atoms with E-state index in [9.17, 15) is 33.9 Å². The van der Waals surface area contributed by atoms with Crippen molar-refractivity contribution < 1.29 is 44.1 Å². The summed E-state index contributed by atoms with van der Waals surface area (Å²) in [6, 6.07) is 2.02. The van der Waals surface area contributed by atoms with E-state index in [0.29, 0.717) is 5.56 Å². The Labute approximate surface area is 217 Å². The number of nitrogens with two attached hydrogens (primary N) is 1. The number of amides is 3. The fourth-order valence-electron chi connectivity index (χ4n) is 3.64. The van der Waals surface area contributed by atoms with Crippen LogP contribution in [0.3, 0.4) is 0 Å². The van der Waals surface area contributed by atoms with Crippen LogP contribution in [-0.2, 0) is 35.2 Å². The van der Waals surface area contributed by atoms with Gasteiger partial charge in [-0.15, -0.1) is 0 Å². The van der Waals surface area contributed by atoms with E-state index in [4.69, 9.17) is 15.9 Å². The largest absolute Gasteiger partial charge is 0.481 e. The first-order valence-corrected chi connectivity index (χ1v) is 11.8. The number of nitrogens with one attached hydrogen (secondary N) is 4.